The highest BCUT2D eigenvalue weighted by atomic mass is 16.5. The molecule has 17 heavy (non-hydrogen) atoms. The second-order valence-corrected chi connectivity index (χ2v) is 4.16. The smallest absolute Gasteiger partial charge is 0.305 e. The van der Waals surface area contributed by atoms with Crippen molar-refractivity contribution >= 4 is 5.97 Å². The SMILES string of the molecule is COC(=O)CCCCCCCc1ccccn1. The Bertz CT molecular complexity index is 311. The van der Waals surface area contributed by atoms with E-state index in [1.807, 2.05) is 18.3 Å². The summed E-state index contributed by atoms with van der Waals surface area (Å²) in [6.45, 7) is 0. The molecule has 0 amide bonds. The molecule has 0 fully saturated rings. The lowest BCUT2D eigenvalue weighted by atomic mass is 10.1. The minimum atomic E-state index is -0.0986. The Kier molecular flexibility index (Phi) is 7.03. The average molecular weight is 235 g/mol. The van der Waals surface area contributed by atoms with Gasteiger partial charge in [-0.25, -0.2) is 0 Å². The molecule has 0 saturated heterocycles. The van der Waals surface area contributed by atoms with Crippen molar-refractivity contribution in [3.8, 4) is 0 Å². The second kappa shape index (κ2) is 8.74. The fourth-order valence-corrected chi connectivity index (χ4v) is 1.75. The zero-order chi connectivity index (χ0) is 12.3. The molecule has 3 nitrogen and oxygen atoms in total. The van der Waals surface area contributed by atoms with Crippen molar-refractivity contribution in [3.05, 3.63) is 30.1 Å². The van der Waals surface area contributed by atoms with Gasteiger partial charge in [0.25, 0.3) is 0 Å². The van der Waals surface area contributed by atoms with Gasteiger partial charge in [0.05, 0.1) is 7.11 Å². The molecule has 0 aliphatic rings. The number of unbranched alkanes of at least 4 members (excludes halogenated alkanes) is 4. The number of carbonyl (C=O) groups excluding carboxylic acids is 1. The second-order valence-electron chi connectivity index (χ2n) is 4.16. The fraction of sp³-hybridized carbons (Fsp3) is 0.571. The first kappa shape index (κ1) is 13.7. The molecule has 1 heterocycles. The minimum absolute atomic E-state index is 0.0986. The van der Waals surface area contributed by atoms with Gasteiger partial charge in [-0.15, -0.1) is 0 Å². The molecular weight excluding hydrogens is 214 g/mol. The number of nitrogens with zero attached hydrogens (tertiary/aromatic N) is 1. The Balaban J connectivity index is 1.93. The first-order chi connectivity index (χ1) is 8.33. The van der Waals surface area contributed by atoms with Crippen LogP contribution in [0.1, 0.15) is 44.2 Å². The lowest BCUT2D eigenvalue weighted by molar-refractivity contribution is -0.140. The maximum Gasteiger partial charge on any atom is 0.305 e. The predicted molar refractivity (Wildman–Crippen MR) is 67.7 cm³/mol. The standard InChI is InChI=1S/C14H21NO2/c1-17-14(16)11-6-4-2-3-5-9-13-10-7-8-12-15-13/h7-8,10,12H,2-6,9,11H2,1H3. The normalized spacial score (nSPS) is 10.2. The van der Waals surface area contributed by atoms with Gasteiger partial charge < -0.3 is 4.74 Å². The number of hydrogen-bond donors (Lipinski definition) is 0. The number of ether oxygens (including phenoxy) is 1. The van der Waals surface area contributed by atoms with Gasteiger partial charge in [0.2, 0.25) is 0 Å². The molecule has 0 aliphatic heterocycles. The molecule has 0 radical (unpaired) electrons. The molecule has 0 spiro atoms. The van der Waals surface area contributed by atoms with Gasteiger partial charge in [0, 0.05) is 18.3 Å². The largest absolute Gasteiger partial charge is 0.469 e. The van der Waals surface area contributed by atoms with Crippen molar-refractivity contribution in [1.82, 2.24) is 4.98 Å². The molecule has 94 valence electrons. The van der Waals surface area contributed by atoms with Crippen LogP contribution in [0, 0.1) is 0 Å². The summed E-state index contributed by atoms with van der Waals surface area (Å²) in [5, 5.41) is 0. The average Bonchev–Trinajstić information content (AvgIpc) is 2.38. The fourth-order valence-electron chi connectivity index (χ4n) is 1.75. The summed E-state index contributed by atoms with van der Waals surface area (Å²) in [7, 11) is 1.44. The van der Waals surface area contributed by atoms with E-state index in [1.165, 1.54) is 32.1 Å². The lowest BCUT2D eigenvalue weighted by Crippen LogP contribution is -1.99. The zero-order valence-electron chi connectivity index (χ0n) is 10.5. The van der Waals surface area contributed by atoms with Gasteiger partial charge in [-0.3, -0.25) is 9.78 Å². The van der Waals surface area contributed by atoms with E-state index in [0.717, 1.165) is 19.3 Å². The summed E-state index contributed by atoms with van der Waals surface area (Å²) >= 11 is 0. The highest BCUT2D eigenvalue weighted by Crippen LogP contribution is 2.08. The summed E-state index contributed by atoms with van der Waals surface area (Å²) < 4.78 is 4.59. The monoisotopic (exact) mass is 235 g/mol. The van der Waals surface area contributed by atoms with Crippen LogP contribution in [0.2, 0.25) is 0 Å². The first-order valence-corrected chi connectivity index (χ1v) is 6.29. The van der Waals surface area contributed by atoms with Crippen LogP contribution in [0.5, 0.6) is 0 Å². The van der Waals surface area contributed by atoms with Crippen molar-refractivity contribution in [2.24, 2.45) is 0 Å². The molecule has 1 aromatic heterocycles. The van der Waals surface area contributed by atoms with Crippen molar-refractivity contribution < 1.29 is 9.53 Å². The third kappa shape index (κ3) is 6.72. The Morgan fingerprint density at radius 1 is 1.18 bits per heavy atom. The third-order valence-corrected chi connectivity index (χ3v) is 2.77. The lowest BCUT2D eigenvalue weighted by Gasteiger charge is -2.01. The summed E-state index contributed by atoms with van der Waals surface area (Å²) in [5.74, 6) is -0.0986. The van der Waals surface area contributed by atoms with Gasteiger partial charge in [-0.05, 0) is 31.4 Å². The highest BCUT2D eigenvalue weighted by molar-refractivity contribution is 5.68. The van der Waals surface area contributed by atoms with Gasteiger partial charge in [-0.1, -0.05) is 25.3 Å². The first-order valence-electron chi connectivity index (χ1n) is 6.29. The molecular formula is C14H21NO2. The molecule has 0 saturated carbocycles. The third-order valence-electron chi connectivity index (χ3n) is 2.77. The van der Waals surface area contributed by atoms with E-state index in [9.17, 15) is 4.79 Å². The Hall–Kier alpha value is -1.38. The van der Waals surface area contributed by atoms with Gasteiger partial charge >= 0.3 is 5.97 Å². The molecule has 1 aromatic rings. The molecule has 0 aromatic carbocycles. The minimum Gasteiger partial charge on any atom is -0.469 e. The highest BCUT2D eigenvalue weighted by Gasteiger charge is 1.99. The van der Waals surface area contributed by atoms with E-state index >= 15 is 0 Å². The number of aryl methyl sites for hydroxylation is 1. The van der Waals surface area contributed by atoms with Crippen LogP contribution in [0.3, 0.4) is 0 Å². The van der Waals surface area contributed by atoms with E-state index < -0.39 is 0 Å². The molecule has 0 N–H and O–H groups in total. The summed E-state index contributed by atoms with van der Waals surface area (Å²) in [4.78, 5) is 15.1. The molecule has 0 aliphatic carbocycles. The number of esters is 1. The maximum atomic E-state index is 10.9. The summed E-state index contributed by atoms with van der Waals surface area (Å²) in [6, 6.07) is 6.03. The molecule has 0 unspecified atom stereocenters. The molecule has 0 bridgehead atoms. The number of rotatable bonds is 8. The van der Waals surface area contributed by atoms with E-state index in [-0.39, 0.29) is 5.97 Å². The Morgan fingerprint density at radius 2 is 1.94 bits per heavy atom. The zero-order valence-corrected chi connectivity index (χ0v) is 10.5. The van der Waals surface area contributed by atoms with Gasteiger partial charge in [0.15, 0.2) is 0 Å². The number of aromatic nitrogens is 1. The van der Waals surface area contributed by atoms with Crippen molar-refractivity contribution in [3.63, 3.8) is 0 Å². The van der Waals surface area contributed by atoms with Crippen LogP contribution in [-0.4, -0.2) is 18.1 Å². The number of hydrogen-bond acceptors (Lipinski definition) is 3. The van der Waals surface area contributed by atoms with E-state index in [2.05, 4.69) is 15.8 Å². The number of pyridine rings is 1. The van der Waals surface area contributed by atoms with Gasteiger partial charge in [0.1, 0.15) is 0 Å². The molecule has 3 heteroatoms. The summed E-state index contributed by atoms with van der Waals surface area (Å²) in [6.07, 6.45) is 9.06. The number of carbonyl (C=O) groups is 1. The molecule has 1 rings (SSSR count). The van der Waals surface area contributed by atoms with Crippen LogP contribution in [0.4, 0.5) is 0 Å². The Morgan fingerprint density at radius 3 is 2.65 bits per heavy atom. The van der Waals surface area contributed by atoms with E-state index in [0.29, 0.717) is 6.42 Å². The van der Waals surface area contributed by atoms with Crippen LogP contribution in [0.15, 0.2) is 24.4 Å². The van der Waals surface area contributed by atoms with Crippen molar-refractivity contribution in [1.29, 1.82) is 0 Å². The van der Waals surface area contributed by atoms with Gasteiger partial charge in [-0.2, -0.15) is 0 Å². The van der Waals surface area contributed by atoms with Crippen LogP contribution >= 0.6 is 0 Å². The van der Waals surface area contributed by atoms with Crippen LogP contribution < -0.4 is 0 Å². The van der Waals surface area contributed by atoms with Crippen molar-refractivity contribution in [2.75, 3.05) is 7.11 Å². The van der Waals surface area contributed by atoms with E-state index in [4.69, 9.17) is 0 Å². The predicted octanol–water partition coefficient (Wildman–Crippen LogP) is 3.14. The van der Waals surface area contributed by atoms with Crippen LogP contribution in [-0.2, 0) is 16.0 Å². The maximum absolute atomic E-state index is 10.9. The van der Waals surface area contributed by atoms with Crippen molar-refractivity contribution in [2.45, 2.75) is 44.9 Å². The Labute approximate surface area is 103 Å². The topological polar surface area (TPSA) is 39.2 Å². The molecule has 0 atom stereocenters. The quantitative estimate of drug-likeness (QED) is 0.513. The number of methoxy groups -OCH3 is 1. The summed E-state index contributed by atoms with van der Waals surface area (Å²) in [5.41, 5.74) is 1.17. The van der Waals surface area contributed by atoms with E-state index in [1.54, 1.807) is 0 Å². The van der Waals surface area contributed by atoms with Crippen LogP contribution in [0.25, 0.3) is 0 Å².